The topological polar surface area (TPSA) is 237 Å². The Hall–Kier alpha value is -1.94. The molecular formula is C86H168O17P2. The van der Waals surface area contributed by atoms with Gasteiger partial charge in [0.25, 0.3) is 0 Å². The summed E-state index contributed by atoms with van der Waals surface area (Å²) < 4.78 is 68.9. The van der Waals surface area contributed by atoms with Gasteiger partial charge in [-0.15, -0.1) is 0 Å². The Morgan fingerprint density at radius 2 is 0.486 bits per heavy atom. The zero-order valence-electron chi connectivity index (χ0n) is 69.2. The minimum atomic E-state index is -4.97. The van der Waals surface area contributed by atoms with Crippen molar-refractivity contribution >= 4 is 39.5 Å². The highest BCUT2D eigenvalue weighted by molar-refractivity contribution is 7.47. The third-order valence-electron chi connectivity index (χ3n) is 20.5. The van der Waals surface area contributed by atoms with Crippen LogP contribution in [0.15, 0.2) is 0 Å². The second-order valence-corrected chi connectivity index (χ2v) is 35.0. The molecule has 0 radical (unpaired) electrons. The molecule has 3 unspecified atom stereocenters. The van der Waals surface area contributed by atoms with Crippen molar-refractivity contribution in [1.82, 2.24) is 0 Å². The van der Waals surface area contributed by atoms with Crippen LogP contribution in [0.5, 0.6) is 0 Å². The van der Waals surface area contributed by atoms with Crippen LogP contribution in [0.2, 0.25) is 0 Å². The van der Waals surface area contributed by atoms with E-state index in [1.165, 1.54) is 263 Å². The van der Waals surface area contributed by atoms with Crippen molar-refractivity contribution in [3.8, 4) is 0 Å². The predicted octanol–water partition coefficient (Wildman–Crippen LogP) is 26.1. The van der Waals surface area contributed by atoms with Gasteiger partial charge in [-0.25, -0.2) is 9.13 Å². The monoisotopic (exact) mass is 1540 g/mol. The molecule has 0 aromatic heterocycles. The zero-order valence-corrected chi connectivity index (χ0v) is 71.0. The SMILES string of the molecule is CCCCCCCCCCCCCCC(=O)OC[C@H](COP(=O)(O)OC[C@H](O)COP(=O)(O)OC[C@@H](COC(=O)CCCCCCCCCCCCCCCCC(C)CC)OC(=O)CCCCCCCCCCCCCCCCCCCCC(C)C)OC(=O)CCCCCCCCCCCCCC(C)C. The standard InChI is InChI=1S/C86H168O17P2/c1-8-10-11-12-13-14-15-32-39-46-53-60-67-83(88)96-73-82(103-86(91)70-63-56-49-42-35-28-30-37-44-51-58-65-78(5)6)76-101-105(94,95)99-72-80(87)71-98-104(92,93)100-75-81(74-97-84(89)68-61-54-47-40-33-26-23-22-25-31-38-45-52-59-66-79(7)9-2)102-85(90)69-62-55-48-41-34-27-21-19-17-16-18-20-24-29-36-43-50-57-64-77(3)4/h77-82,87H,8-76H2,1-7H3,(H,92,93)(H,94,95)/t79?,80-,81-,82-/m1/s1. The molecular weight excluding hydrogens is 1370 g/mol. The fourth-order valence-electron chi connectivity index (χ4n) is 13.3. The first-order valence-corrected chi connectivity index (χ1v) is 47.4. The average molecular weight is 1540 g/mol. The number of carbonyl (C=O) groups is 4. The molecule has 0 rings (SSSR count). The van der Waals surface area contributed by atoms with Crippen molar-refractivity contribution in [2.75, 3.05) is 39.6 Å². The van der Waals surface area contributed by atoms with Crippen LogP contribution in [0.3, 0.4) is 0 Å². The Morgan fingerprint density at radius 1 is 0.276 bits per heavy atom. The molecule has 0 aliphatic heterocycles. The Balaban J connectivity index is 5.25. The lowest BCUT2D eigenvalue weighted by Gasteiger charge is -2.21. The van der Waals surface area contributed by atoms with Crippen LogP contribution in [0.1, 0.15) is 453 Å². The van der Waals surface area contributed by atoms with E-state index in [0.717, 1.165) is 108 Å². The Bertz CT molecular complexity index is 2030. The van der Waals surface area contributed by atoms with Crippen LogP contribution in [0.4, 0.5) is 0 Å². The molecule has 0 bridgehead atoms. The van der Waals surface area contributed by atoms with E-state index in [9.17, 15) is 43.2 Å². The molecule has 0 heterocycles. The largest absolute Gasteiger partial charge is 0.472 e. The first-order chi connectivity index (χ1) is 50.8. The summed E-state index contributed by atoms with van der Waals surface area (Å²) in [5.41, 5.74) is 0. The van der Waals surface area contributed by atoms with Crippen molar-refractivity contribution in [3.63, 3.8) is 0 Å². The maximum Gasteiger partial charge on any atom is 0.472 e. The van der Waals surface area contributed by atoms with Gasteiger partial charge in [-0.1, -0.05) is 402 Å². The van der Waals surface area contributed by atoms with Gasteiger partial charge < -0.3 is 33.8 Å². The number of hydrogen-bond acceptors (Lipinski definition) is 15. The predicted molar refractivity (Wildman–Crippen MR) is 432 cm³/mol. The quantitative estimate of drug-likeness (QED) is 0.0222. The number of phosphoric ester groups is 2. The molecule has 0 spiro atoms. The number of carbonyl (C=O) groups excluding carboxylic acids is 4. The summed E-state index contributed by atoms with van der Waals surface area (Å²) >= 11 is 0. The third-order valence-corrected chi connectivity index (χ3v) is 22.4. The summed E-state index contributed by atoms with van der Waals surface area (Å²) in [6, 6.07) is 0. The number of esters is 4. The Kier molecular flexibility index (Phi) is 74.7. The minimum Gasteiger partial charge on any atom is -0.462 e. The molecule has 17 nitrogen and oxygen atoms in total. The highest BCUT2D eigenvalue weighted by atomic mass is 31.2. The lowest BCUT2D eigenvalue weighted by atomic mass is 9.99. The van der Waals surface area contributed by atoms with Crippen molar-refractivity contribution < 1.29 is 80.2 Å². The van der Waals surface area contributed by atoms with E-state index in [1.807, 2.05) is 0 Å². The molecule has 0 aliphatic rings. The fourth-order valence-corrected chi connectivity index (χ4v) is 14.9. The van der Waals surface area contributed by atoms with Crippen LogP contribution in [-0.2, 0) is 65.4 Å². The van der Waals surface area contributed by atoms with Gasteiger partial charge in [0.2, 0.25) is 0 Å². The van der Waals surface area contributed by atoms with E-state index in [1.54, 1.807) is 0 Å². The molecule has 0 aliphatic carbocycles. The molecule has 105 heavy (non-hydrogen) atoms. The van der Waals surface area contributed by atoms with Crippen LogP contribution >= 0.6 is 15.6 Å². The molecule has 0 saturated heterocycles. The van der Waals surface area contributed by atoms with Gasteiger partial charge in [0.05, 0.1) is 26.4 Å². The highest BCUT2D eigenvalue weighted by Crippen LogP contribution is 2.45. The van der Waals surface area contributed by atoms with Crippen molar-refractivity contribution in [2.45, 2.75) is 471 Å². The molecule has 0 saturated carbocycles. The maximum atomic E-state index is 13.2. The van der Waals surface area contributed by atoms with Crippen LogP contribution in [-0.4, -0.2) is 96.7 Å². The van der Waals surface area contributed by atoms with E-state index in [0.29, 0.717) is 25.7 Å². The van der Waals surface area contributed by atoms with Gasteiger partial charge in [0.1, 0.15) is 19.3 Å². The summed E-state index contributed by atoms with van der Waals surface area (Å²) in [7, 11) is -9.93. The maximum absolute atomic E-state index is 13.2. The van der Waals surface area contributed by atoms with E-state index in [2.05, 4.69) is 48.5 Å². The van der Waals surface area contributed by atoms with Crippen LogP contribution in [0.25, 0.3) is 0 Å². The number of phosphoric acid groups is 2. The van der Waals surface area contributed by atoms with Gasteiger partial charge in [0.15, 0.2) is 12.2 Å². The average Bonchev–Trinajstić information content (AvgIpc) is 0.935. The minimum absolute atomic E-state index is 0.107. The Morgan fingerprint density at radius 3 is 0.724 bits per heavy atom. The highest BCUT2D eigenvalue weighted by Gasteiger charge is 2.30. The molecule has 6 atom stereocenters. The van der Waals surface area contributed by atoms with E-state index < -0.39 is 97.5 Å². The van der Waals surface area contributed by atoms with Crippen LogP contribution in [0, 0.1) is 17.8 Å². The molecule has 0 amide bonds. The summed E-state index contributed by atoms with van der Waals surface area (Å²) in [6.45, 7) is 12.1. The zero-order chi connectivity index (χ0) is 77.2. The van der Waals surface area contributed by atoms with Gasteiger partial charge in [-0.3, -0.25) is 37.3 Å². The summed E-state index contributed by atoms with van der Waals surface area (Å²) in [6.07, 6.45) is 66.5. The summed E-state index contributed by atoms with van der Waals surface area (Å²) in [5, 5.41) is 10.7. The lowest BCUT2D eigenvalue weighted by molar-refractivity contribution is -0.161. The van der Waals surface area contributed by atoms with Crippen molar-refractivity contribution in [1.29, 1.82) is 0 Å². The third kappa shape index (κ3) is 78.5. The number of aliphatic hydroxyl groups excluding tert-OH is 1. The number of unbranched alkanes of at least 4 members (excludes halogenated alkanes) is 51. The molecule has 624 valence electrons. The first kappa shape index (κ1) is 103. The van der Waals surface area contributed by atoms with E-state index in [4.69, 9.17) is 37.0 Å². The smallest absolute Gasteiger partial charge is 0.462 e. The molecule has 3 N–H and O–H groups in total. The van der Waals surface area contributed by atoms with E-state index >= 15 is 0 Å². The van der Waals surface area contributed by atoms with Crippen molar-refractivity contribution in [3.05, 3.63) is 0 Å². The number of aliphatic hydroxyl groups is 1. The molecule has 0 aromatic rings. The van der Waals surface area contributed by atoms with Gasteiger partial charge in [-0.05, 0) is 43.4 Å². The second kappa shape index (κ2) is 76.1. The fraction of sp³-hybridized carbons (Fsp3) is 0.953. The van der Waals surface area contributed by atoms with Gasteiger partial charge in [-0.2, -0.15) is 0 Å². The number of rotatable bonds is 84. The molecule has 0 aromatic carbocycles. The van der Waals surface area contributed by atoms with Crippen LogP contribution < -0.4 is 0 Å². The van der Waals surface area contributed by atoms with Gasteiger partial charge in [0, 0.05) is 25.7 Å². The van der Waals surface area contributed by atoms with E-state index in [-0.39, 0.29) is 25.7 Å². The number of hydrogen-bond donors (Lipinski definition) is 3. The summed E-state index contributed by atoms with van der Waals surface area (Å²) in [5.74, 6) is 0.333. The number of ether oxygens (including phenoxy) is 4. The Labute approximate surface area is 645 Å². The summed E-state index contributed by atoms with van der Waals surface area (Å²) in [4.78, 5) is 73.2. The molecule has 0 fully saturated rings. The second-order valence-electron chi connectivity index (χ2n) is 32.1. The van der Waals surface area contributed by atoms with Gasteiger partial charge >= 0.3 is 39.5 Å². The first-order valence-electron chi connectivity index (χ1n) is 44.4. The normalized spacial score (nSPS) is 14.1. The lowest BCUT2D eigenvalue weighted by Crippen LogP contribution is -2.30. The molecule has 19 heteroatoms. The van der Waals surface area contributed by atoms with Crippen molar-refractivity contribution in [2.24, 2.45) is 17.8 Å².